The largest absolute Gasteiger partial charge is 0.394 e. The van der Waals surface area contributed by atoms with Crippen LogP contribution in [0.4, 0.5) is 0 Å². The van der Waals surface area contributed by atoms with Crippen LogP contribution >= 0.6 is 0 Å². The van der Waals surface area contributed by atoms with Gasteiger partial charge in [-0.05, 0) is 17.7 Å². The standard InChI is InChI=1S/C14H16N2O/c17-11-14(12-6-2-1-3-7-12)16-10-13-8-4-5-9-15-13/h1-9,14,16-17H,10-11H2. The fraction of sp³-hybridized carbons (Fsp3) is 0.214. The minimum absolute atomic E-state index is 0.0433. The maximum absolute atomic E-state index is 9.37. The lowest BCUT2D eigenvalue weighted by Crippen LogP contribution is -2.24. The molecule has 0 saturated carbocycles. The van der Waals surface area contributed by atoms with Gasteiger partial charge in [0.1, 0.15) is 0 Å². The van der Waals surface area contributed by atoms with E-state index in [-0.39, 0.29) is 12.6 Å². The number of rotatable bonds is 5. The maximum Gasteiger partial charge on any atom is 0.0626 e. The average Bonchev–Trinajstić information content (AvgIpc) is 2.42. The molecule has 0 saturated heterocycles. The number of nitrogens with zero attached hydrogens (tertiary/aromatic N) is 1. The Balaban J connectivity index is 1.97. The molecule has 2 aromatic rings. The molecule has 0 aliphatic rings. The van der Waals surface area contributed by atoms with Crippen molar-refractivity contribution >= 4 is 0 Å². The first-order valence-corrected chi connectivity index (χ1v) is 5.69. The van der Waals surface area contributed by atoms with Crippen molar-refractivity contribution in [3.05, 3.63) is 66.0 Å². The molecule has 2 rings (SSSR count). The maximum atomic E-state index is 9.37. The number of benzene rings is 1. The summed E-state index contributed by atoms with van der Waals surface area (Å²) >= 11 is 0. The molecule has 1 heterocycles. The molecule has 0 aliphatic heterocycles. The zero-order valence-corrected chi connectivity index (χ0v) is 9.58. The van der Waals surface area contributed by atoms with Gasteiger partial charge in [-0.15, -0.1) is 0 Å². The van der Waals surface area contributed by atoms with Crippen molar-refractivity contribution < 1.29 is 5.11 Å². The first kappa shape index (κ1) is 11.8. The molecular formula is C14H16N2O. The summed E-state index contributed by atoms with van der Waals surface area (Å²) in [4.78, 5) is 4.23. The van der Waals surface area contributed by atoms with Gasteiger partial charge in [-0.25, -0.2) is 0 Å². The minimum Gasteiger partial charge on any atom is -0.394 e. The molecule has 88 valence electrons. The topological polar surface area (TPSA) is 45.1 Å². The van der Waals surface area contributed by atoms with Crippen molar-refractivity contribution in [1.82, 2.24) is 10.3 Å². The van der Waals surface area contributed by atoms with E-state index in [1.54, 1.807) is 6.20 Å². The summed E-state index contributed by atoms with van der Waals surface area (Å²) in [7, 11) is 0. The van der Waals surface area contributed by atoms with Gasteiger partial charge in [0.2, 0.25) is 0 Å². The van der Waals surface area contributed by atoms with E-state index >= 15 is 0 Å². The summed E-state index contributed by atoms with van der Waals surface area (Å²) in [6, 6.07) is 15.7. The fourth-order valence-corrected chi connectivity index (χ4v) is 1.70. The molecule has 0 bridgehead atoms. The molecule has 2 N–H and O–H groups in total. The monoisotopic (exact) mass is 228 g/mol. The molecule has 1 unspecified atom stereocenters. The van der Waals surface area contributed by atoms with Gasteiger partial charge in [-0.1, -0.05) is 36.4 Å². The summed E-state index contributed by atoms with van der Waals surface area (Å²) in [5.74, 6) is 0. The molecule has 3 nitrogen and oxygen atoms in total. The smallest absolute Gasteiger partial charge is 0.0626 e. The van der Waals surface area contributed by atoms with E-state index < -0.39 is 0 Å². The number of aliphatic hydroxyl groups is 1. The second-order valence-corrected chi connectivity index (χ2v) is 3.85. The van der Waals surface area contributed by atoms with Crippen LogP contribution in [-0.4, -0.2) is 16.7 Å². The predicted octanol–water partition coefficient (Wildman–Crippen LogP) is 1.90. The van der Waals surface area contributed by atoms with Gasteiger partial charge >= 0.3 is 0 Å². The lowest BCUT2D eigenvalue weighted by Gasteiger charge is -2.16. The SMILES string of the molecule is OCC(NCc1ccccn1)c1ccccc1. The van der Waals surface area contributed by atoms with Crippen LogP contribution in [0.2, 0.25) is 0 Å². The summed E-state index contributed by atoms with van der Waals surface area (Å²) in [6.07, 6.45) is 1.77. The Labute approximate surface area is 101 Å². The Kier molecular flexibility index (Phi) is 4.24. The van der Waals surface area contributed by atoms with E-state index in [1.165, 1.54) is 0 Å². The van der Waals surface area contributed by atoms with Crippen molar-refractivity contribution in [3.8, 4) is 0 Å². The average molecular weight is 228 g/mol. The second kappa shape index (κ2) is 6.13. The molecule has 1 aromatic heterocycles. The lowest BCUT2D eigenvalue weighted by molar-refractivity contribution is 0.243. The van der Waals surface area contributed by atoms with Crippen LogP contribution in [0.5, 0.6) is 0 Å². The van der Waals surface area contributed by atoms with Crippen molar-refractivity contribution in [3.63, 3.8) is 0 Å². The molecule has 3 heteroatoms. The number of aromatic nitrogens is 1. The molecule has 17 heavy (non-hydrogen) atoms. The van der Waals surface area contributed by atoms with Crippen LogP contribution in [0.1, 0.15) is 17.3 Å². The van der Waals surface area contributed by atoms with Crippen LogP contribution in [0, 0.1) is 0 Å². The van der Waals surface area contributed by atoms with Crippen LogP contribution in [-0.2, 0) is 6.54 Å². The van der Waals surface area contributed by atoms with Crippen LogP contribution in [0.15, 0.2) is 54.7 Å². The number of hydrogen-bond acceptors (Lipinski definition) is 3. The van der Waals surface area contributed by atoms with E-state index in [0.29, 0.717) is 6.54 Å². The van der Waals surface area contributed by atoms with Gasteiger partial charge in [0, 0.05) is 12.7 Å². The summed E-state index contributed by atoms with van der Waals surface area (Å²) in [5.41, 5.74) is 2.06. The van der Waals surface area contributed by atoms with E-state index in [2.05, 4.69) is 10.3 Å². The first-order valence-electron chi connectivity index (χ1n) is 5.69. The highest BCUT2D eigenvalue weighted by atomic mass is 16.3. The van der Waals surface area contributed by atoms with Gasteiger partial charge in [-0.2, -0.15) is 0 Å². The highest BCUT2D eigenvalue weighted by Gasteiger charge is 2.08. The molecule has 1 aromatic carbocycles. The van der Waals surface area contributed by atoms with Crippen LogP contribution in [0.3, 0.4) is 0 Å². The molecular weight excluding hydrogens is 212 g/mol. The Morgan fingerprint density at radius 3 is 2.47 bits per heavy atom. The highest BCUT2D eigenvalue weighted by molar-refractivity contribution is 5.19. The first-order chi connectivity index (χ1) is 8.40. The summed E-state index contributed by atoms with van der Waals surface area (Å²) < 4.78 is 0. The number of hydrogen-bond donors (Lipinski definition) is 2. The van der Waals surface area contributed by atoms with Gasteiger partial charge in [0.15, 0.2) is 0 Å². The Hall–Kier alpha value is -1.71. The Morgan fingerprint density at radius 2 is 1.82 bits per heavy atom. The van der Waals surface area contributed by atoms with Crippen molar-refractivity contribution in [1.29, 1.82) is 0 Å². The van der Waals surface area contributed by atoms with E-state index in [1.807, 2.05) is 48.5 Å². The van der Waals surface area contributed by atoms with E-state index in [0.717, 1.165) is 11.3 Å². The van der Waals surface area contributed by atoms with Gasteiger partial charge < -0.3 is 10.4 Å². The molecule has 0 radical (unpaired) electrons. The quantitative estimate of drug-likeness (QED) is 0.821. The minimum atomic E-state index is -0.0433. The number of aliphatic hydroxyl groups excluding tert-OH is 1. The number of pyridine rings is 1. The van der Waals surface area contributed by atoms with Crippen molar-refractivity contribution in [2.45, 2.75) is 12.6 Å². The molecule has 1 atom stereocenters. The zero-order valence-electron chi connectivity index (χ0n) is 9.58. The third-order valence-corrected chi connectivity index (χ3v) is 2.64. The molecule has 0 spiro atoms. The van der Waals surface area contributed by atoms with Gasteiger partial charge in [0.05, 0.1) is 18.3 Å². The highest BCUT2D eigenvalue weighted by Crippen LogP contribution is 2.12. The van der Waals surface area contributed by atoms with Gasteiger partial charge in [0.25, 0.3) is 0 Å². The summed E-state index contributed by atoms with van der Waals surface area (Å²) in [6.45, 7) is 0.734. The lowest BCUT2D eigenvalue weighted by atomic mass is 10.1. The molecule has 0 amide bonds. The predicted molar refractivity (Wildman–Crippen MR) is 67.3 cm³/mol. The third-order valence-electron chi connectivity index (χ3n) is 2.64. The molecule has 0 aliphatic carbocycles. The van der Waals surface area contributed by atoms with Crippen molar-refractivity contribution in [2.24, 2.45) is 0 Å². The van der Waals surface area contributed by atoms with Crippen LogP contribution < -0.4 is 5.32 Å². The third kappa shape index (κ3) is 3.37. The number of nitrogens with one attached hydrogen (secondary N) is 1. The van der Waals surface area contributed by atoms with Gasteiger partial charge in [-0.3, -0.25) is 4.98 Å². The molecule has 0 fully saturated rings. The fourth-order valence-electron chi connectivity index (χ4n) is 1.70. The van der Waals surface area contributed by atoms with Crippen molar-refractivity contribution in [2.75, 3.05) is 6.61 Å². The zero-order chi connectivity index (χ0) is 11.9. The Bertz CT molecular complexity index is 430. The second-order valence-electron chi connectivity index (χ2n) is 3.85. The van der Waals surface area contributed by atoms with E-state index in [4.69, 9.17) is 0 Å². The normalized spacial score (nSPS) is 12.3. The van der Waals surface area contributed by atoms with Crippen LogP contribution in [0.25, 0.3) is 0 Å². The summed E-state index contributed by atoms with van der Waals surface area (Å²) in [5, 5.41) is 12.7. The van der Waals surface area contributed by atoms with E-state index in [9.17, 15) is 5.11 Å². The Morgan fingerprint density at radius 1 is 1.06 bits per heavy atom.